The first-order chi connectivity index (χ1) is 14.1. The predicted octanol–water partition coefficient (Wildman–Crippen LogP) is 2.37. The van der Waals surface area contributed by atoms with E-state index in [9.17, 15) is 9.59 Å². The Bertz CT molecular complexity index is 867. The standard InChI is InChI=1S/C22H25N3O4/c1-24(18-5-3-2-4-6-18)21(26)17-8-11-25(14-17)22(27)16-7-10-23-20(13-16)29-19-9-12-28-15-19/h2-7,10,13,17,19H,8-9,11-12,14-15H2,1H3/t17-,19-/m0/s1. The van der Waals surface area contributed by atoms with Crippen molar-refractivity contribution in [2.45, 2.75) is 18.9 Å². The third-order valence-electron chi connectivity index (χ3n) is 5.46. The van der Waals surface area contributed by atoms with Crippen LogP contribution in [0.15, 0.2) is 48.7 Å². The first-order valence-corrected chi connectivity index (χ1v) is 9.94. The van der Waals surface area contributed by atoms with Crippen molar-refractivity contribution in [2.24, 2.45) is 5.92 Å². The summed E-state index contributed by atoms with van der Waals surface area (Å²) in [7, 11) is 1.78. The number of rotatable bonds is 5. The Morgan fingerprint density at radius 3 is 2.79 bits per heavy atom. The zero-order chi connectivity index (χ0) is 20.2. The number of benzene rings is 1. The minimum Gasteiger partial charge on any atom is -0.472 e. The second-order valence-corrected chi connectivity index (χ2v) is 7.46. The SMILES string of the molecule is CN(C(=O)[C@H]1CCN(C(=O)c2ccnc(O[C@H]3CCOC3)c2)C1)c1ccccc1. The largest absolute Gasteiger partial charge is 0.472 e. The van der Waals surface area contributed by atoms with Crippen molar-refractivity contribution in [1.82, 2.24) is 9.88 Å². The Hall–Kier alpha value is -2.93. The highest BCUT2D eigenvalue weighted by molar-refractivity contribution is 5.97. The molecule has 2 fully saturated rings. The second-order valence-electron chi connectivity index (χ2n) is 7.46. The van der Waals surface area contributed by atoms with Gasteiger partial charge in [0.2, 0.25) is 11.8 Å². The van der Waals surface area contributed by atoms with Crippen LogP contribution in [0.25, 0.3) is 0 Å². The van der Waals surface area contributed by atoms with Gasteiger partial charge in [-0.15, -0.1) is 0 Å². The average molecular weight is 395 g/mol. The fraction of sp³-hybridized carbons (Fsp3) is 0.409. The van der Waals surface area contributed by atoms with Gasteiger partial charge in [-0.05, 0) is 24.6 Å². The molecule has 2 aliphatic rings. The van der Waals surface area contributed by atoms with E-state index < -0.39 is 0 Å². The monoisotopic (exact) mass is 395 g/mol. The predicted molar refractivity (Wildman–Crippen MR) is 108 cm³/mol. The normalized spacial score (nSPS) is 21.2. The number of ether oxygens (including phenoxy) is 2. The molecule has 0 bridgehead atoms. The van der Waals surface area contributed by atoms with E-state index >= 15 is 0 Å². The lowest BCUT2D eigenvalue weighted by Gasteiger charge is -2.22. The molecule has 7 nitrogen and oxygen atoms in total. The smallest absolute Gasteiger partial charge is 0.254 e. The molecule has 2 atom stereocenters. The maximum absolute atomic E-state index is 12.9. The number of nitrogens with zero attached hydrogens (tertiary/aromatic N) is 3. The van der Waals surface area contributed by atoms with E-state index in [2.05, 4.69) is 4.98 Å². The number of anilines is 1. The third kappa shape index (κ3) is 4.40. The second kappa shape index (κ2) is 8.61. The summed E-state index contributed by atoms with van der Waals surface area (Å²) >= 11 is 0. The molecule has 2 amide bonds. The molecule has 7 heteroatoms. The first-order valence-electron chi connectivity index (χ1n) is 9.94. The van der Waals surface area contributed by atoms with E-state index in [0.717, 1.165) is 12.1 Å². The summed E-state index contributed by atoms with van der Waals surface area (Å²) in [5, 5.41) is 0. The molecule has 0 spiro atoms. The molecule has 29 heavy (non-hydrogen) atoms. The van der Waals surface area contributed by atoms with E-state index in [1.807, 2.05) is 30.3 Å². The first kappa shape index (κ1) is 19.4. The van der Waals surface area contributed by atoms with Crippen LogP contribution in [0.3, 0.4) is 0 Å². The summed E-state index contributed by atoms with van der Waals surface area (Å²) in [6.45, 7) is 2.21. The van der Waals surface area contributed by atoms with Crippen LogP contribution >= 0.6 is 0 Å². The molecule has 4 rings (SSSR count). The number of carbonyl (C=O) groups is 2. The van der Waals surface area contributed by atoms with Crippen LogP contribution in [0.4, 0.5) is 5.69 Å². The highest BCUT2D eigenvalue weighted by atomic mass is 16.5. The van der Waals surface area contributed by atoms with Gasteiger partial charge in [0.25, 0.3) is 5.91 Å². The van der Waals surface area contributed by atoms with Crippen molar-refractivity contribution in [1.29, 1.82) is 0 Å². The zero-order valence-electron chi connectivity index (χ0n) is 16.5. The number of para-hydroxylation sites is 1. The number of hydrogen-bond donors (Lipinski definition) is 0. The fourth-order valence-electron chi connectivity index (χ4n) is 3.77. The lowest BCUT2D eigenvalue weighted by molar-refractivity contribution is -0.121. The summed E-state index contributed by atoms with van der Waals surface area (Å²) in [6.07, 6.45) is 3.05. The molecule has 0 unspecified atom stereocenters. The number of aromatic nitrogens is 1. The lowest BCUT2D eigenvalue weighted by Crippen LogP contribution is -2.36. The van der Waals surface area contributed by atoms with Crippen molar-refractivity contribution in [3.63, 3.8) is 0 Å². The molecule has 0 radical (unpaired) electrons. The van der Waals surface area contributed by atoms with Crippen LogP contribution in [0, 0.1) is 5.92 Å². The van der Waals surface area contributed by atoms with Gasteiger partial charge >= 0.3 is 0 Å². The number of carbonyl (C=O) groups excluding carboxylic acids is 2. The van der Waals surface area contributed by atoms with Crippen molar-refractivity contribution >= 4 is 17.5 Å². The van der Waals surface area contributed by atoms with Crippen molar-refractivity contribution in [2.75, 3.05) is 38.3 Å². The molecule has 2 aliphatic heterocycles. The molecule has 2 saturated heterocycles. The summed E-state index contributed by atoms with van der Waals surface area (Å²) in [5.74, 6) is 0.170. The summed E-state index contributed by atoms with van der Waals surface area (Å²) in [4.78, 5) is 33.4. The molecule has 0 aliphatic carbocycles. The van der Waals surface area contributed by atoms with Gasteiger partial charge in [0.05, 0.1) is 19.1 Å². The van der Waals surface area contributed by atoms with Gasteiger partial charge in [-0.25, -0.2) is 4.98 Å². The van der Waals surface area contributed by atoms with Crippen molar-refractivity contribution in [3.05, 3.63) is 54.2 Å². The van der Waals surface area contributed by atoms with Gasteiger partial charge in [0.15, 0.2) is 0 Å². The molecule has 1 aromatic heterocycles. The molecule has 152 valence electrons. The lowest BCUT2D eigenvalue weighted by atomic mass is 10.1. The number of likely N-dealkylation sites (tertiary alicyclic amines) is 1. The Kier molecular flexibility index (Phi) is 5.76. The molecular weight excluding hydrogens is 370 g/mol. The van der Waals surface area contributed by atoms with Crippen LogP contribution in [0.5, 0.6) is 5.88 Å². The highest BCUT2D eigenvalue weighted by Gasteiger charge is 2.33. The summed E-state index contributed by atoms with van der Waals surface area (Å²) < 4.78 is 11.1. The van der Waals surface area contributed by atoms with E-state index in [1.54, 1.807) is 35.2 Å². The van der Waals surface area contributed by atoms with Crippen LogP contribution in [0.2, 0.25) is 0 Å². The van der Waals surface area contributed by atoms with E-state index in [1.165, 1.54) is 0 Å². The van der Waals surface area contributed by atoms with Crippen molar-refractivity contribution < 1.29 is 19.1 Å². The van der Waals surface area contributed by atoms with Crippen LogP contribution < -0.4 is 9.64 Å². The maximum Gasteiger partial charge on any atom is 0.254 e. The van der Waals surface area contributed by atoms with Gasteiger partial charge in [0, 0.05) is 50.1 Å². The van der Waals surface area contributed by atoms with E-state index in [-0.39, 0.29) is 23.8 Å². The number of amides is 2. The van der Waals surface area contributed by atoms with Crippen LogP contribution in [0.1, 0.15) is 23.2 Å². The van der Waals surface area contributed by atoms with Gasteiger partial charge < -0.3 is 19.3 Å². The molecule has 0 saturated carbocycles. The van der Waals surface area contributed by atoms with Crippen molar-refractivity contribution in [3.8, 4) is 5.88 Å². The Labute approximate surface area is 170 Å². The quantitative estimate of drug-likeness (QED) is 0.777. The summed E-state index contributed by atoms with van der Waals surface area (Å²) in [6, 6.07) is 12.9. The maximum atomic E-state index is 12.9. The Morgan fingerprint density at radius 2 is 2.03 bits per heavy atom. The minimum atomic E-state index is -0.197. The topological polar surface area (TPSA) is 72.0 Å². The third-order valence-corrected chi connectivity index (χ3v) is 5.46. The number of pyridine rings is 1. The van der Waals surface area contributed by atoms with Crippen LogP contribution in [-0.2, 0) is 9.53 Å². The zero-order valence-corrected chi connectivity index (χ0v) is 16.5. The van der Waals surface area contributed by atoms with Crippen LogP contribution in [-0.4, -0.2) is 61.2 Å². The van der Waals surface area contributed by atoms with E-state index in [0.29, 0.717) is 44.2 Å². The average Bonchev–Trinajstić information content (AvgIpc) is 3.45. The minimum absolute atomic E-state index is 0.0184. The number of hydrogen-bond acceptors (Lipinski definition) is 5. The highest BCUT2D eigenvalue weighted by Crippen LogP contribution is 2.24. The van der Waals surface area contributed by atoms with Gasteiger partial charge in [-0.3, -0.25) is 9.59 Å². The molecule has 1 aromatic carbocycles. The molecule has 2 aromatic rings. The Balaban J connectivity index is 1.38. The molecular formula is C22H25N3O4. The Morgan fingerprint density at radius 1 is 1.21 bits per heavy atom. The van der Waals surface area contributed by atoms with Gasteiger partial charge in [0.1, 0.15) is 6.10 Å². The fourth-order valence-corrected chi connectivity index (χ4v) is 3.77. The van der Waals surface area contributed by atoms with Gasteiger partial charge in [-0.2, -0.15) is 0 Å². The summed E-state index contributed by atoms with van der Waals surface area (Å²) in [5.41, 5.74) is 1.38. The molecule has 0 N–H and O–H groups in total. The van der Waals surface area contributed by atoms with E-state index in [4.69, 9.17) is 9.47 Å². The molecule has 3 heterocycles. The van der Waals surface area contributed by atoms with Gasteiger partial charge in [-0.1, -0.05) is 18.2 Å².